The standard InChI is InChI=1S/C22H21F2N7O2/c1-13(2)28-31-20(18-6-5-15(9-25-18)21(23)24)14(3)12-33-19-8-7-17(29-30-19)16-10-26-22(32-4)27-11-16/h5-11,21H,1,12H2,2-4H3/b20-14+,31-28-. The van der Waals surface area contributed by atoms with Gasteiger partial charge in [-0.25, -0.2) is 18.7 Å². The molecule has 0 aliphatic rings. The van der Waals surface area contributed by atoms with Gasteiger partial charge in [0.2, 0.25) is 5.88 Å². The minimum atomic E-state index is -2.61. The van der Waals surface area contributed by atoms with Crippen molar-refractivity contribution in [1.82, 2.24) is 25.1 Å². The normalized spacial score (nSPS) is 12.1. The van der Waals surface area contributed by atoms with Gasteiger partial charge in [0.05, 0.1) is 24.2 Å². The molecule has 0 atom stereocenters. The van der Waals surface area contributed by atoms with Gasteiger partial charge in [0.25, 0.3) is 6.43 Å². The molecule has 0 aliphatic heterocycles. The molecular weight excluding hydrogens is 432 g/mol. The van der Waals surface area contributed by atoms with Gasteiger partial charge in [0, 0.05) is 35.8 Å². The lowest BCUT2D eigenvalue weighted by molar-refractivity contribution is 0.151. The van der Waals surface area contributed by atoms with Gasteiger partial charge in [-0.15, -0.1) is 15.3 Å². The number of halogens is 2. The summed E-state index contributed by atoms with van der Waals surface area (Å²) in [4.78, 5) is 12.2. The van der Waals surface area contributed by atoms with E-state index in [1.54, 1.807) is 38.4 Å². The molecule has 0 N–H and O–H groups in total. The summed E-state index contributed by atoms with van der Waals surface area (Å²) in [5, 5.41) is 16.3. The zero-order chi connectivity index (χ0) is 23.8. The van der Waals surface area contributed by atoms with E-state index in [-0.39, 0.29) is 24.1 Å². The van der Waals surface area contributed by atoms with E-state index in [1.807, 2.05) is 0 Å². The minimum Gasteiger partial charge on any atom is -0.472 e. The van der Waals surface area contributed by atoms with Crippen LogP contribution in [0, 0.1) is 0 Å². The van der Waals surface area contributed by atoms with Crippen LogP contribution in [-0.4, -0.2) is 38.9 Å². The van der Waals surface area contributed by atoms with Crippen molar-refractivity contribution < 1.29 is 18.3 Å². The molecule has 33 heavy (non-hydrogen) atoms. The number of rotatable bonds is 9. The molecular formula is C22H21F2N7O2. The number of azo groups is 1. The van der Waals surface area contributed by atoms with Crippen LogP contribution >= 0.6 is 0 Å². The zero-order valence-electron chi connectivity index (χ0n) is 18.2. The third kappa shape index (κ3) is 6.42. The summed E-state index contributed by atoms with van der Waals surface area (Å²) >= 11 is 0. The first kappa shape index (κ1) is 23.5. The fourth-order valence-electron chi connectivity index (χ4n) is 2.52. The second-order valence-electron chi connectivity index (χ2n) is 6.85. The Hall–Kier alpha value is -4.15. The summed E-state index contributed by atoms with van der Waals surface area (Å²) in [6.45, 7) is 7.24. The first-order valence-corrected chi connectivity index (χ1v) is 9.71. The van der Waals surface area contributed by atoms with E-state index in [2.05, 4.69) is 42.0 Å². The molecule has 0 radical (unpaired) electrons. The molecule has 11 heteroatoms. The Labute approximate surface area is 189 Å². The summed E-state index contributed by atoms with van der Waals surface area (Å²) in [6, 6.07) is 6.39. The Kier molecular flexibility index (Phi) is 7.79. The van der Waals surface area contributed by atoms with Crippen LogP contribution in [0.3, 0.4) is 0 Å². The van der Waals surface area contributed by atoms with Crippen molar-refractivity contribution in [2.24, 2.45) is 10.2 Å². The van der Waals surface area contributed by atoms with Crippen LogP contribution in [-0.2, 0) is 0 Å². The highest BCUT2D eigenvalue weighted by atomic mass is 19.3. The Bertz CT molecular complexity index is 1150. The van der Waals surface area contributed by atoms with Gasteiger partial charge in [-0.2, -0.15) is 5.11 Å². The second kappa shape index (κ2) is 10.9. The summed E-state index contributed by atoms with van der Waals surface area (Å²) in [7, 11) is 1.48. The van der Waals surface area contributed by atoms with Crippen LogP contribution in [0.1, 0.15) is 31.5 Å². The number of hydrogen-bond donors (Lipinski definition) is 0. The lowest BCUT2D eigenvalue weighted by Gasteiger charge is -2.09. The largest absolute Gasteiger partial charge is 0.472 e. The number of hydrogen-bond acceptors (Lipinski definition) is 9. The molecule has 3 rings (SSSR count). The number of aromatic nitrogens is 5. The lowest BCUT2D eigenvalue weighted by Crippen LogP contribution is -2.04. The average molecular weight is 453 g/mol. The molecule has 0 saturated carbocycles. The van der Waals surface area contributed by atoms with Gasteiger partial charge < -0.3 is 9.47 Å². The summed E-state index contributed by atoms with van der Waals surface area (Å²) in [5.41, 5.74) is 2.97. The van der Waals surface area contributed by atoms with Crippen LogP contribution in [0.25, 0.3) is 17.0 Å². The maximum atomic E-state index is 12.8. The molecule has 0 amide bonds. The second-order valence-corrected chi connectivity index (χ2v) is 6.85. The van der Waals surface area contributed by atoms with Gasteiger partial charge >= 0.3 is 6.01 Å². The molecule has 0 spiro atoms. The molecule has 0 aromatic carbocycles. The van der Waals surface area contributed by atoms with Gasteiger partial charge in [-0.3, -0.25) is 4.98 Å². The van der Waals surface area contributed by atoms with Crippen molar-refractivity contribution >= 4 is 5.70 Å². The molecule has 170 valence electrons. The number of allylic oxidation sites excluding steroid dienone is 1. The highest BCUT2D eigenvalue weighted by Gasteiger charge is 2.12. The highest BCUT2D eigenvalue weighted by Crippen LogP contribution is 2.24. The van der Waals surface area contributed by atoms with Crippen molar-refractivity contribution in [3.63, 3.8) is 0 Å². The molecule has 0 aliphatic carbocycles. The third-order valence-corrected chi connectivity index (χ3v) is 4.19. The van der Waals surface area contributed by atoms with Crippen LogP contribution in [0.4, 0.5) is 8.78 Å². The Morgan fingerprint density at radius 1 is 1.00 bits per heavy atom. The monoisotopic (exact) mass is 453 g/mol. The van der Waals surface area contributed by atoms with E-state index in [1.165, 1.54) is 19.2 Å². The van der Waals surface area contributed by atoms with E-state index >= 15 is 0 Å². The van der Waals surface area contributed by atoms with Crippen LogP contribution in [0.5, 0.6) is 11.9 Å². The van der Waals surface area contributed by atoms with Gasteiger partial charge in [0.15, 0.2) is 0 Å². The summed E-state index contributed by atoms with van der Waals surface area (Å²) in [6.07, 6.45) is 1.66. The number of methoxy groups -OCH3 is 1. The van der Waals surface area contributed by atoms with Crippen LogP contribution in [0.2, 0.25) is 0 Å². The molecule has 3 heterocycles. The quantitative estimate of drug-likeness (QED) is 0.416. The molecule has 3 aromatic rings. The summed E-state index contributed by atoms with van der Waals surface area (Å²) in [5.74, 6) is 0.282. The maximum Gasteiger partial charge on any atom is 0.316 e. The highest BCUT2D eigenvalue weighted by molar-refractivity contribution is 5.64. The number of ether oxygens (including phenoxy) is 2. The number of nitrogens with zero attached hydrogens (tertiary/aromatic N) is 7. The molecule has 0 fully saturated rings. The molecule has 3 aromatic heterocycles. The van der Waals surface area contributed by atoms with Crippen molar-refractivity contribution in [2.75, 3.05) is 13.7 Å². The Morgan fingerprint density at radius 2 is 1.76 bits per heavy atom. The molecule has 0 bridgehead atoms. The molecule has 0 unspecified atom stereocenters. The van der Waals surface area contributed by atoms with Crippen molar-refractivity contribution in [1.29, 1.82) is 0 Å². The van der Waals surface area contributed by atoms with Crippen molar-refractivity contribution in [2.45, 2.75) is 20.3 Å². The predicted octanol–water partition coefficient (Wildman–Crippen LogP) is 5.07. The molecule has 9 nitrogen and oxygen atoms in total. The maximum absolute atomic E-state index is 12.8. The predicted molar refractivity (Wildman–Crippen MR) is 117 cm³/mol. The van der Waals surface area contributed by atoms with Crippen molar-refractivity contribution in [3.05, 3.63) is 72.0 Å². The van der Waals surface area contributed by atoms with Gasteiger partial charge in [-0.1, -0.05) is 6.58 Å². The van der Waals surface area contributed by atoms with E-state index in [0.717, 1.165) is 6.20 Å². The minimum absolute atomic E-state index is 0.0997. The van der Waals surface area contributed by atoms with Gasteiger partial charge in [-0.05, 0) is 37.6 Å². The number of alkyl halides is 2. The summed E-state index contributed by atoms with van der Waals surface area (Å²) < 4.78 is 36.3. The fraction of sp³-hybridized carbons (Fsp3) is 0.227. The first-order valence-electron chi connectivity index (χ1n) is 9.71. The van der Waals surface area contributed by atoms with Crippen LogP contribution < -0.4 is 9.47 Å². The zero-order valence-corrected chi connectivity index (χ0v) is 18.2. The van der Waals surface area contributed by atoms with E-state index in [4.69, 9.17) is 9.47 Å². The van der Waals surface area contributed by atoms with E-state index < -0.39 is 6.43 Å². The van der Waals surface area contributed by atoms with Crippen molar-refractivity contribution in [3.8, 4) is 23.1 Å². The fourth-order valence-corrected chi connectivity index (χ4v) is 2.52. The topological polar surface area (TPSA) is 108 Å². The van der Waals surface area contributed by atoms with E-state index in [9.17, 15) is 8.78 Å². The van der Waals surface area contributed by atoms with Crippen LogP contribution in [0.15, 0.2) is 70.9 Å². The lowest BCUT2D eigenvalue weighted by atomic mass is 10.1. The molecule has 0 saturated heterocycles. The third-order valence-electron chi connectivity index (χ3n) is 4.19. The smallest absolute Gasteiger partial charge is 0.316 e. The number of pyridine rings is 1. The van der Waals surface area contributed by atoms with E-state index in [0.29, 0.717) is 33.9 Å². The van der Waals surface area contributed by atoms with Gasteiger partial charge in [0.1, 0.15) is 12.3 Å². The SMILES string of the molecule is C=C(C)/N=N\C(=C(/C)COc1ccc(-c2cnc(OC)nc2)nn1)c1ccc(C(F)F)cn1. The Morgan fingerprint density at radius 3 is 2.30 bits per heavy atom. The first-order chi connectivity index (χ1) is 15.9. The Balaban J connectivity index is 1.76. The average Bonchev–Trinajstić information content (AvgIpc) is 2.83.